The molecule has 1 amide bonds. The zero-order valence-corrected chi connectivity index (χ0v) is 11.9. The van der Waals surface area contributed by atoms with Crippen molar-refractivity contribution >= 4 is 27.5 Å². The van der Waals surface area contributed by atoms with Crippen molar-refractivity contribution in [2.75, 3.05) is 18.9 Å². The van der Waals surface area contributed by atoms with Crippen LogP contribution in [0.3, 0.4) is 0 Å². The lowest BCUT2D eigenvalue weighted by molar-refractivity contribution is 0.0273. The number of rotatable bonds is 2. The lowest BCUT2D eigenvalue weighted by atomic mass is 9.94. The Balaban J connectivity index is 2.11. The van der Waals surface area contributed by atoms with Gasteiger partial charge in [-0.25, -0.2) is 0 Å². The topological polar surface area (TPSA) is 64.4 Å². The van der Waals surface area contributed by atoms with Gasteiger partial charge >= 0.3 is 0 Å². The number of amides is 1. The Labute approximate surface area is 115 Å². The van der Waals surface area contributed by atoms with E-state index in [1.165, 1.54) is 0 Å². The molecule has 0 radical (unpaired) electrons. The molecular formula is C13H17BrN2O2. The van der Waals surface area contributed by atoms with Crippen LogP contribution in [0.4, 0.5) is 5.69 Å². The highest BCUT2D eigenvalue weighted by Gasteiger charge is 2.30. The first kappa shape index (κ1) is 13.4. The van der Waals surface area contributed by atoms with Gasteiger partial charge in [0.15, 0.2) is 0 Å². The molecule has 98 valence electrons. The van der Waals surface area contributed by atoms with Crippen LogP contribution in [-0.2, 0) is 4.74 Å². The van der Waals surface area contributed by atoms with Gasteiger partial charge in [0.05, 0.1) is 17.7 Å². The number of benzene rings is 1. The largest absolute Gasteiger partial charge is 0.398 e. The Morgan fingerprint density at radius 3 is 2.94 bits per heavy atom. The monoisotopic (exact) mass is 312 g/mol. The van der Waals surface area contributed by atoms with Crippen LogP contribution < -0.4 is 11.1 Å². The quantitative estimate of drug-likeness (QED) is 0.824. The zero-order valence-electron chi connectivity index (χ0n) is 10.3. The number of hydrogen-bond acceptors (Lipinski definition) is 3. The lowest BCUT2D eigenvalue weighted by Crippen LogP contribution is -2.51. The van der Waals surface area contributed by atoms with Gasteiger partial charge in [-0.2, -0.15) is 0 Å². The van der Waals surface area contributed by atoms with E-state index in [1.807, 2.05) is 13.0 Å². The van der Waals surface area contributed by atoms with E-state index in [2.05, 4.69) is 21.2 Å². The van der Waals surface area contributed by atoms with E-state index < -0.39 is 0 Å². The molecule has 4 nitrogen and oxygen atoms in total. The average molecular weight is 313 g/mol. The van der Waals surface area contributed by atoms with Gasteiger partial charge in [0.1, 0.15) is 0 Å². The van der Waals surface area contributed by atoms with Crippen molar-refractivity contribution < 1.29 is 9.53 Å². The number of nitrogens with two attached hydrogens (primary N) is 1. The van der Waals surface area contributed by atoms with Gasteiger partial charge in [-0.3, -0.25) is 4.79 Å². The number of nitrogen functional groups attached to an aromatic ring is 1. The Bertz CT molecular complexity index is 456. The van der Waals surface area contributed by atoms with E-state index in [4.69, 9.17) is 10.5 Å². The molecule has 1 aromatic carbocycles. The number of carbonyl (C=O) groups excluding carboxylic acids is 1. The third-order valence-electron chi connectivity index (χ3n) is 3.11. The smallest absolute Gasteiger partial charge is 0.253 e. The first-order valence-electron chi connectivity index (χ1n) is 5.95. The number of anilines is 1. The number of halogens is 1. The number of carbonyl (C=O) groups is 1. The molecule has 3 N–H and O–H groups in total. The molecule has 1 saturated heterocycles. The van der Waals surface area contributed by atoms with Crippen LogP contribution in [-0.4, -0.2) is 24.7 Å². The number of hydrogen-bond donors (Lipinski definition) is 2. The molecule has 2 rings (SSSR count). The molecule has 1 atom stereocenters. The molecule has 0 aliphatic carbocycles. The van der Waals surface area contributed by atoms with Gasteiger partial charge < -0.3 is 15.8 Å². The first-order valence-corrected chi connectivity index (χ1v) is 6.75. The SMILES string of the molecule is CC1(NC(=O)c2ccc(Br)cc2N)CCCOC1. The van der Waals surface area contributed by atoms with Gasteiger partial charge in [0, 0.05) is 16.8 Å². The van der Waals surface area contributed by atoms with E-state index in [9.17, 15) is 4.79 Å². The highest BCUT2D eigenvalue weighted by Crippen LogP contribution is 2.22. The van der Waals surface area contributed by atoms with Crippen molar-refractivity contribution in [1.82, 2.24) is 5.32 Å². The molecule has 5 heteroatoms. The number of ether oxygens (including phenoxy) is 1. The summed E-state index contributed by atoms with van der Waals surface area (Å²) in [5.74, 6) is -0.145. The first-order chi connectivity index (χ1) is 8.50. The molecule has 0 aromatic heterocycles. The third kappa shape index (κ3) is 3.03. The molecule has 1 heterocycles. The zero-order chi connectivity index (χ0) is 13.2. The van der Waals surface area contributed by atoms with Gasteiger partial charge in [-0.1, -0.05) is 15.9 Å². The van der Waals surface area contributed by atoms with E-state index in [-0.39, 0.29) is 11.4 Å². The van der Waals surface area contributed by atoms with Gasteiger partial charge in [-0.05, 0) is 38.0 Å². The second kappa shape index (κ2) is 5.28. The van der Waals surface area contributed by atoms with E-state index in [1.54, 1.807) is 12.1 Å². The van der Waals surface area contributed by atoms with E-state index >= 15 is 0 Å². The van der Waals surface area contributed by atoms with Crippen LogP contribution in [0.5, 0.6) is 0 Å². The second-order valence-corrected chi connectivity index (χ2v) is 5.82. The Morgan fingerprint density at radius 1 is 1.56 bits per heavy atom. The minimum Gasteiger partial charge on any atom is -0.398 e. The minimum atomic E-state index is -0.297. The molecule has 1 aliphatic rings. The van der Waals surface area contributed by atoms with Crippen LogP contribution >= 0.6 is 15.9 Å². The summed E-state index contributed by atoms with van der Waals surface area (Å²) in [7, 11) is 0. The van der Waals surface area contributed by atoms with E-state index in [0.29, 0.717) is 17.9 Å². The summed E-state index contributed by atoms with van der Waals surface area (Å²) in [6.07, 6.45) is 1.89. The summed E-state index contributed by atoms with van der Waals surface area (Å²) >= 11 is 3.32. The molecule has 0 spiro atoms. The maximum atomic E-state index is 12.2. The van der Waals surface area contributed by atoms with Crippen LogP contribution in [0.2, 0.25) is 0 Å². The summed E-state index contributed by atoms with van der Waals surface area (Å²) in [4.78, 5) is 12.2. The second-order valence-electron chi connectivity index (χ2n) is 4.90. The Hall–Kier alpha value is -1.07. The molecule has 0 saturated carbocycles. The average Bonchev–Trinajstić information content (AvgIpc) is 2.28. The van der Waals surface area contributed by atoms with Crippen molar-refractivity contribution in [3.8, 4) is 0 Å². The highest BCUT2D eigenvalue weighted by atomic mass is 79.9. The van der Waals surface area contributed by atoms with E-state index in [0.717, 1.165) is 23.9 Å². The maximum Gasteiger partial charge on any atom is 0.253 e. The Morgan fingerprint density at radius 2 is 2.33 bits per heavy atom. The summed E-state index contributed by atoms with van der Waals surface area (Å²) in [6.45, 7) is 3.32. The molecular weight excluding hydrogens is 296 g/mol. The summed E-state index contributed by atoms with van der Waals surface area (Å²) in [5.41, 5.74) is 6.53. The predicted molar refractivity (Wildman–Crippen MR) is 74.5 cm³/mol. The number of nitrogens with one attached hydrogen (secondary N) is 1. The van der Waals surface area contributed by atoms with Crippen molar-refractivity contribution in [3.63, 3.8) is 0 Å². The lowest BCUT2D eigenvalue weighted by Gasteiger charge is -2.34. The summed E-state index contributed by atoms with van der Waals surface area (Å²) < 4.78 is 6.28. The van der Waals surface area contributed by atoms with Crippen molar-refractivity contribution in [3.05, 3.63) is 28.2 Å². The van der Waals surface area contributed by atoms with Crippen molar-refractivity contribution in [2.45, 2.75) is 25.3 Å². The predicted octanol–water partition coefficient (Wildman–Crippen LogP) is 2.33. The van der Waals surface area contributed by atoms with Gasteiger partial charge in [0.2, 0.25) is 0 Å². The summed E-state index contributed by atoms with van der Waals surface area (Å²) in [6, 6.07) is 5.27. The summed E-state index contributed by atoms with van der Waals surface area (Å²) in [5, 5.41) is 3.01. The van der Waals surface area contributed by atoms with Crippen LogP contribution in [0, 0.1) is 0 Å². The molecule has 0 bridgehead atoms. The maximum absolute atomic E-state index is 12.2. The molecule has 1 fully saturated rings. The third-order valence-corrected chi connectivity index (χ3v) is 3.60. The van der Waals surface area contributed by atoms with Crippen molar-refractivity contribution in [1.29, 1.82) is 0 Å². The van der Waals surface area contributed by atoms with Crippen LogP contribution in [0.25, 0.3) is 0 Å². The Kier molecular flexibility index (Phi) is 3.92. The fraction of sp³-hybridized carbons (Fsp3) is 0.462. The molecule has 1 aromatic rings. The van der Waals surface area contributed by atoms with Gasteiger partial charge in [-0.15, -0.1) is 0 Å². The molecule has 1 unspecified atom stereocenters. The standard InChI is InChI=1S/C13H17BrN2O2/c1-13(5-2-6-18-8-13)16-12(17)10-4-3-9(14)7-11(10)15/h3-4,7H,2,5-6,8,15H2,1H3,(H,16,17). The fourth-order valence-electron chi connectivity index (χ4n) is 2.11. The molecule has 18 heavy (non-hydrogen) atoms. The molecule has 1 aliphatic heterocycles. The normalized spacial score (nSPS) is 23.7. The van der Waals surface area contributed by atoms with Crippen LogP contribution in [0.1, 0.15) is 30.1 Å². The van der Waals surface area contributed by atoms with Gasteiger partial charge in [0.25, 0.3) is 5.91 Å². The fourth-order valence-corrected chi connectivity index (χ4v) is 2.49. The van der Waals surface area contributed by atoms with Crippen LogP contribution in [0.15, 0.2) is 22.7 Å². The minimum absolute atomic E-state index is 0.145. The highest BCUT2D eigenvalue weighted by molar-refractivity contribution is 9.10. The van der Waals surface area contributed by atoms with Crippen molar-refractivity contribution in [2.24, 2.45) is 0 Å².